The third-order valence-corrected chi connectivity index (χ3v) is 6.85. The van der Waals surface area contributed by atoms with E-state index in [1.54, 1.807) is 4.57 Å². The molecule has 1 aliphatic heterocycles. The molecule has 0 radical (unpaired) electrons. The predicted molar refractivity (Wildman–Crippen MR) is 154 cm³/mol. The summed E-state index contributed by atoms with van der Waals surface area (Å²) in [6.07, 6.45) is 6.57. The summed E-state index contributed by atoms with van der Waals surface area (Å²) in [4.78, 5) is 23.4. The first-order valence-corrected chi connectivity index (χ1v) is 13.8. The van der Waals surface area contributed by atoms with Gasteiger partial charge >= 0.3 is 0 Å². The second kappa shape index (κ2) is 14.6. The van der Waals surface area contributed by atoms with Gasteiger partial charge in [-0.1, -0.05) is 37.1 Å². The number of unbranched alkanes of at least 4 members (excludes halogenated alkanes) is 3. The third kappa shape index (κ3) is 7.40. The van der Waals surface area contributed by atoms with Crippen LogP contribution in [0.5, 0.6) is 5.75 Å². The van der Waals surface area contributed by atoms with Crippen LogP contribution in [0.1, 0.15) is 38.4 Å². The van der Waals surface area contributed by atoms with Crippen molar-refractivity contribution in [2.24, 2.45) is 10.8 Å². The molecule has 3 N–H and O–H groups in total. The number of hydrazone groups is 1. The van der Waals surface area contributed by atoms with Gasteiger partial charge in [-0.3, -0.25) is 19.2 Å². The number of fused-ring (bicyclic) bond motifs is 1. The zero-order chi connectivity index (χ0) is 26.6. The molecule has 9 nitrogen and oxygen atoms in total. The Kier molecular flexibility index (Phi) is 10.7. The fraction of sp³-hybridized carbons (Fsp3) is 0.483. The Bertz CT molecular complexity index is 1240. The summed E-state index contributed by atoms with van der Waals surface area (Å²) in [5.41, 5.74) is 10.1. The van der Waals surface area contributed by atoms with Crippen molar-refractivity contribution >= 4 is 17.1 Å². The monoisotopic (exact) mass is 519 g/mol. The van der Waals surface area contributed by atoms with E-state index in [0.29, 0.717) is 24.3 Å². The fourth-order valence-electron chi connectivity index (χ4n) is 4.77. The van der Waals surface area contributed by atoms with Gasteiger partial charge in [-0.2, -0.15) is 5.10 Å². The van der Waals surface area contributed by atoms with Gasteiger partial charge in [0.05, 0.1) is 29.7 Å². The van der Waals surface area contributed by atoms with Crippen LogP contribution in [0.15, 0.2) is 58.4 Å². The van der Waals surface area contributed by atoms with Gasteiger partial charge in [0.25, 0.3) is 5.56 Å². The lowest BCUT2D eigenvalue weighted by Crippen LogP contribution is -2.47. The second-order valence-electron chi connectivity index (χ2n) is 9.59. The van der Waals surface area contributed by atoms with Crippen molar-refractivity contribution in [3.63, 3.8) is 0 Å². The van der Waals surface area contributed by atoms with E-state index < -0.39 is 0 Å². The highest BCUT2D eigenvalue weighted by atomic mass is 16.5. The molecule has 9 heteroatoms. The average Bonchev–Trinajstić information content (AvgIpc) is 2.94. The lowest BCUT2D eigenvalue weighted by molar-refractivity contribution is 0.137. The molecule has 2 heterocycles. The summed E-state index contributed by atoms with van der Waals surface area (Å²) in [5, 5.41) is 4.97. The van der Waals surface area contributed by atoms with Crippen molar-refractivity contribution in [3.05, 3.63) is 64.7 Å². The zero-order valence-electron chi connectivity index (χ0n) is 22.5. The molecule has 0 spiro atoms. The Morgan fingerprint density at radius 1 is 1.00 bits per heavy atom. The standard InChI is InChI=1S/C29H41N7O2/c1-2-38-27-14-8-7-13-26(27)36-28(33-25-12-6-5-11-24(25)29(36)37)23-35-21-19-34(20-22-35)18-17-32-31-16-10-4-3-9-15-30/h5-8,11-14,17,31H,2-4,9-10,15-16,18-23,30H2,1H3/b32-17+. The lowest BCUT2D eigenvalue weighted by atomic mass is 10.2. The quantitative estimate of drug-likeness (QED) is 0.192. The molecule has 3 aromatic rings. The molecular weight excluding hydrogens is 478 g/mol. The van der Waals surface area contributed by atoms with Crippen molar-refractivity contribution in [2.75, 3.05) is 52.4 Å². The molecule has 2 aromatic carbocycles. The molecule has 1 aliphatic rings. The Morgan fingerprint density at radius 2 is 1.74 bits per heavy atom. The maximum absolute atomic E-state index is 13.7. The van der Waals surface area contributed by atoms with Gasteiger partial charge in [-0.25, -0.2) is 4.98 Å². The van der Waals surface area contributed by atoms with Crippen molar-refractivity contribution in [3.8, 4) is 11.4 Å². The van der Waals surface area contributed by atoms with Crippen LogP contribution in [0.25, 0.3) is 16.6 Å². The van der Waals surface area contributed by atoms with Gasteiger partial charge < -0.3 is 15.9 Å². The van der Waals surface area contributed by atoms with Gasteiger partial charge in [0.1, 0.15) is 11.6 Å². The van der Waals surface area contributed by atoms with E-state index in [0.717, 1.165) is 75.7 Å². The van der Waals surface area contributed by atoms with Crippen LogP contribution in [-0.4, -0.2) is 78.0 Å². The number of aromatic nitrogens is 2. The molecule has 0 bridgehead atoms. The predicted octanol–water partition coefficient (Wildman–Crippen LogP) is 3.00. The SMILES string of the molecule is CCOc1ccccc1-n1c(CN2CCN(C/C=N/NCCCCCCN)CC2)nc2ccccc2c1=O. The minimum absolute atomic E-state index is 0.0699. The molecule has 0 atom stereocenters. The van der Waals surface area contributed by atoms with E-state index in [1.165, 1.54) is 12.8 Å². The second-order valence-corrected chi connectivity index (χ2v) is 9.59. The van der Waals surface area contributed by atoms with Crippen LogP contribution in [-0.2, 0) is 6.54 Å². The number of nitrogens with one attached hydrogen (secondary N) is 1. The highest BCUT2D eigenvalue weighted by Crippen LogP contribution is 2.24. The number of ether oxygens (including phenoxy) is 1. The van der Waals surface area contributed by atoms with Crippen LogP contribution in [0.2, 0.25) is 0 Å². The minimum Gasteiger partial charge on any atom is -0.492 e. The van der Waals surface area contributed by atoms with Gasteiger partial charge in [-0.05, 0) is 50.6 Å². The normalized spacial score (nSPS) is 14.9. The topological polar surface area (TPSA) is 101 Å². The number of hydrogen-bond donors (Lipinski definition) is 2. The molecule has 1 fully saturated rings. The van der Waals surface area contributed by atoms with Gasteiger partial charge in [0.15, 0.2) is 0 Å². The molecule has 1 aromatic heterocycles. The Labute approximate surface area is 225 Å². The van der Waals surface area contributed by atoms with E-state index in [2.05, 4.69) is 20.3 Å². The zero-order valence-corrected chi connectivity index (χ0v) is 22.5. The van der Waals surface area contributed by atoms with Crippen molar-refractivity contribution in [2.45, 2.75) is 39.2 Å². The Hall–Kier alpha value is -3.27. The number of para-hydroxylation sites is 3. The van der Waals surface area contributed by atoms with E-state index in [-0.39, 0.29) is 5.56 Å². The van der Waals surface area contributed by atoms with Crippen LogP contribution in [0.4, 0.5) is 0 Å². The first-order chi connectivity index (χ1) is 18.7. The maximum atomic E-state index is 13.7. The van der Waals surface area contributed by atoms with Gasteiger partial charge in [0, 0.05) is 45.5 Å². The molecule has 38 heavy (non-hydrogen) atoms. The molecule has 1 saturated heterocycles. The molecule has 204 valence electrons. The molecule has 0 unspecified atom stereocenters. The third-order valence-electron chi connectivity index (χ3n) is 6.85. The number of nitrogens with zero attached hydrogens (tertiary/aromatic N) is 5. The largest absolute Gasteiger partial charge is 0.492 e. The minimum atomic E-state index is -0.0699. The first kappa shape index (κ1) is 27.8. The summed E-state index contributed by atoms with van der Waals surface area (Å²) in [5.74, 6) is 1.41. The summed E-state index contributed by atoms with van der Waals surface area (Å²) in [6, 6.07) is 15.2. The van der Waals surface area contributed by atoms with E-state index >= 15 is 0 Å². The van der Waals surface area contributed by atoms with Crippen LogP contribution in [0, 0.1) is 0 Å². The summed E-state index contributed by atoms with van der Waals surface area (Å²) < 4.78 is 7.60. The lowest BCUT2D eigenvalue weighted by Gasteiger charge is -2.34. The fourth-order valence-corrected chi connectivity index (χ4v) is 4.77. The first-order valence-electron chi connectivity index (χ1n) is 13.8. The number of benzene rings is 2. The summed E-state index contributed by atoms with van der Waals surface area (Å²) in [6.45, 7) is 9.26. The van der Waals surface area contributed by atoms with Crippen LogP contribution in [0.3, 0.4) is 0 Å². The highest BCUT2D eigenvalue weighted by Gasteiger charge is 2.21. The molecule has 0 aliphatic carbocycles. The van der Waals surface area contributed by atoms with E-state index in [4.69, 9.17) is 15.5 Å². The van der Waals surface area contributed by atoms with Crippen LogP contribution < -0.4 is 21.5 Å². The Balaban J connectivity index is 1.39. The highest BCUT2D eigenvalue weighted by molar-refractivity contribution is 5.78. The summed E-state index contributed by atoms with van der Waals surface area (Å²) >= 11 is 0. The number of hydrogen-bond acceptors (Lipinski definition) is 8. The number of rotatable bonds is 14. The molecule has 0 amide bonds. The number of piperazine rings is 1. The van der Waals surface area contributed by atoms with Gasteiger partial charge in [0.2, 0.25) is 0 Å². The van der Waals surface area contributed by atoms with Crippen LogP contribution >= 0.6 is 0 Å². The molecule has 4 rings (SSSR count). The summed E-state index contributed by atoms with van der Waals surface area (Å²) in [7, 11) is 0. The van der Waals surface area contributed by atoms with Crippen molar-refractivity contribution in [1.29, 1.82) is 0 Å². The van der Waals surface area contributed by atoms with E-state index in [9.17, 15) is 4.79 Å². The average molecular weight is 520 g/mol. The number of nitrogens with two attached hydrogens (primary N) is 1. The molecule has 0 saturated carbocycles. The van der Waals surface area contributed by atoms with Crippen molar-refractivity contribution in [1.82, 2.24) is 24.8 Å². The van der Waals surface area contributed by atoms with Gasteiger partial charge in [-0.15, -0.1) is 0 Å². The molecular formula is C29H41N7O2. The van der Waals surface area contributed by atoms with Crippen molar-refractivity contribution < 1.29 is 4.74 Å². The smallest absolute Gasteiger partial charge is 0.266 e. The maximum Gasteiger partial charge on any atom is 0.266 e. The van der Waals surface area contributed by atoms with E-state index in [1.807, 2.05) is 61.7 Å². The Morgan fingerprint density at radius 3 is 2.55 bits per heavy atom.